The van der Waals surface area contributed by atoms with Gasteiger partial charge in [-0.05, 0) is 24.1 Å². The van der Waals surface area contributed by atoms with Crippen LogP contribution in [-0.2, 0) is 4.79 Å². The zero-order valence-electron chi connectivity index (χ0n) is 11.8. The lowest BCUT2D eigenvalue weighted by Crippen LogP contribution is -2.29. The third kappa shape index (κ3) is 3.92. The van der Waals surface area contributed by atoms with Gasteiger partial charge in [0.1, 0.15) is 0 Å². The van der Waals surface area contributed by atoms with Gasteiger partial charge in [0.2, 0.25) is 5.91 Å². The minimum absolute atomic E-state index is 0.0753. The molecule has 2 aromatic rings. The first-order chi connectivity index (χ1) is 9.81. The summed E-state index contributed by atoms with van der Waals surface area (Å²) in [6.07, 6.45) is 4.25. The number of rotatable bonds is 6. The highest BCUT2D eigenvalue weighted by molar-refractivity contribution is 5.76. The minimum Gasteiger partial charge on any atom is -0.344 e. The van der Waals surface area contributed by atoms with Crippen LogP contribution in [0.5, 0.6) is 0 Å². The summed E-state index contributed by atoms with van der Waals surface area (Å²) in [7, 11) is 0. The molecule has 0 saturated heterocycles. The van der Waals surface area contributed by atoms with Gasteiger partial charge in [-0.2, -0.15) is 0 Å². The summed E-state index contributed by atoms with van der Waals surface area (Å²) < 4.78 is 0. The first-order valence-corrected chi connectivity index (χ1v) is 7.06. The second-order valence-electron chi connectivity index (χ2n) is 4.77. The molecule has 0 radical (unpaired) electrons. The van der Waals surface area contributed by atoms with Crippen molar-refractivity contribution in [3.05, 3.63) is 66.0 Å². The maximum Gasteiger partial charge on any atom is 0.220 e. The fourth-order valence-corrected chi connectivity index (χ4v) is 2.09. The second kappa shape index (κ2) is 7.43. The molecule has 3 heteroatoms. The zero-order chi connectivity index (χ0) is 14.2. The van der Waals surface area contributed by atoms with E-state index >= 15 is 0 Å². The van der Waals surface area contributed by atoms with Crippen LogP contribution in [0.3, 0.4) is 0 Å². The monoisotopic (exact) mass is 268 g/mol. The number of amides is 1. The van der Waals surface area contributed by atoms with E-state index in [1.54, 1.807) is 6.20 Å². The van der Waals surface area contributed by atoms with Crippen LogP contribution in [0.25, 0.3) is 0 Å². The smallest absolute Gasteiger partial charge is 0.220 e. The van der Waals surface area contributed by atoms with Crippen molar-refractivity contribution in [1.29, 1.82) is 0 Å². The standard InChI is InChI=1S/C17H20N2O/c1-2-3-12-16(20)19-17(14-9-5-4-6-10-14)15-11-7-8-13-18-15/h4-11,13,17H,2-3,12H2,1H3,(H,19,20). The number of hydrogen-bond donors (Lipinski definition) is 1. The molecule has 20 heavy (non-hydrogen) atoms. The van der Waals surface area contributed by atoms with E-state index in [0.717, 1.165) is 24.1 Å². The molecule has 0 saturated carbocycles. The average molecular weight is 268 g/mol. The quantitative estimate of drug-likeness (QED) is 0.871. The number of nitrogens with zero attached hydrogens (tertiary/aromatic N) is 1. The van der Waals surface area contributed by atoms with Gasteiger partial charge in [-0.15, -0.1) is 0 Å². The Balaban J connectivity index is 2.19. The Bertz CT molecular complexity index is 486. The van der Waals surface area contributed by atoms with Crippen molar-refractivity contribution in [3.63, 3.8) is 0 Å². The first kappa shape index (κ1) is 14.3. The van der Waals surface area contributed by atoms with Crippen molar-refractivity contribution in [2.24, 2.45) is 0 Å². The number of benzene rings is 1. The van der Waals surface area contributed by atoms with Crippen molar-refractivity contribution >= 4 is 5.91 Å². The predicted octanol–water partition coefficient (Wildman–Crippen LogP) is 3.48. The Morgan fingerprint density at radius 1 is 1.15 bits per heavy atom. The predicted molar refractivity (Wildman–Crippen MR) is 80.2 cm³/mol. The van der Waals surface area contributed by atoms with E-state index in [-0.39, 0.29) is 11.9 Å². The van der Waals surface area contributed by atoms with Crippen LogP contribution in [-0.4, -0.2) is 10.9 Å². The van der Waals surface area contributed by atoms with E-state index in [0.29, 0.717) is 6.42 Å². The van der Waals surface area contributed by atoms with Gasteiger partial charge in [0, 0.05) is 12.6 Å². The summed E-state index contributed by atoms with van der Waals surface area (Å²) in [5.41, 5.74) is 1.92. The molecular weight excluding hydrogens is 248 g/mol. The lowest BCUT2D eigenvalue weighted by molar-refractivity contribution is -0.121. The second-order valence-corrected chi connectivity index (χ2v) is 4.77. The molecule has 0 aliphatic rings. The largest absolute Gasteiger partial charge is 0.344 e. The fourth-order valence-electron chi connectivity index (χ4n) is 2.09. The van der Waals surface area contributed by atoms with Crippen molar-refractivity contribution < 1.29 is 4.79 Å². The minimum atomic E-state index is -0.179. The Kier molecular flexibility index (Phi) is 5.30. The van der Waals surface area contributed by atoms with Gasteiger partial charge in [-0.1, -0.05) is 49.7 Å². The Morgan fingerprint density at radius 3 is 2.55 bits per heavy atom. The van der Waals surface area contributed by atoms with E-state index in [4.69, 9.17) is 0 Å². The van der Waals surface area contributed by atoms with Crippen LogP contribution in [0.1, 0.15) is 43.5 Å². The number of unbranched alkanes of at least 4 members (excludes halogenated alkanes) is 1. The third-order valence-electron chi connectivity index (χ3n) is 3.18. The van der Waals surface area contributed by atoms with Gasteiger partial charge in [0.15, 0.2) is 0 Å². The fraction of sp³-hybridized carbons (Fsp3) is 0.294. The summed E-state index contributed by atoms with van der Waals surface area (Å²) in [6.45, 7) is 2.08. The van der Waals surface area contributed by atoms with E-state index in [1.165, 1.54) is 0 Å². The molecule has 1 aromatic heterocycles. The lowest BCUT2D eigenvalue weighted by atomic mass is 10.0. The van der Waals surface area contributed by atoms with Crippen molar-refractivity contribution in [1.82, 2.24) is 10.3 Å². The van der Waals surface area contributed by atoms with Crippen LogP contribution in [0, 0.1) is 0 Å². The molecule has 1 amide bonds. The van der Waals surface area contributed by atoms with Crippen molar-refractivity contribution in [2.75, 3.05) is 0 Å². The van der Waals surface area contributed by atoms with E-state index in [2.05, 4.69) is 17.2 Å². The average Bonchev–Trinajstić information content (AvgIpc) is 2.52. The number of hydrogen-bond acceptors (Lipinski definition) is 2. The summed E-state index contributed by atoms with van der Waals surface area (Å²) in [6, 6.07) is 15.5. The highest BCUT2D eigenvalue weighted by Crippen LogP contribution is 2.20. The zero-order valence-corrected chi connectivity index (χ0v) is 11.8. The highest BCUT2D eigenvalue weighted by atomic mass is 16.1. The number of pyridine rings is 1. The Hall–Kier alpha value is -2.16. The van der Waals surface area contributed by atoms with Crippen LogP contribution < -0.4 is 5.32 Å². The maximum absolute atomic E-state index is 12.0. The number of carbonyl (C=O) groups excluding carboxylic acids is 1. The van der Waals surface area contributed by atoms with Crippen molar-refractivity contribution in [2.45, 2.75) is 32.2 Å². The number of carbonyl (C=O) groups is 1. The van der Waals surface area contributed by atoms with Gasteiger partial charge >= 0.3 is 0 Å². The number of aromatic nitrogens is 1. The molecule has 0 aliphatic carbocycles. The summed E-state index contributed by atoms with van der Waals surface area (Å²) >= 11 is 0. The molecule has 3 nitrogen and oxygen atoms in total. The normalized spacial score (nSPS) is 11.8. The summed E-state index contributed by atoms with van der Waals surface area (Å²) in [4.78, 5) is 16.4. The summed E-state index contributed by atoms with van der Waals surface area (Å²) in [5.74, 6) is 0.0753. The molecule has 1 unspecified atom stereocenters. The molecule has 0 bridgehead atoms. The van der Waals surface area contributed by atoms with Crippen LogP contribution in [0.15, 0.2) is 54.7 Å². The SMILES string of the molecule is CCCCC(=O)NC(c1ccccc1)c1ccccn1. The molecule has 0 aliphatic heterocycles. The molecule has 1 atom stereocenters. The third-order valence-corrected chi connectivity index (χ3v) is 3.18. The molecule has 1 aromatic carbocycles. The molecule has 104 valence electrons. The van der Waals surface area contributed by atoms with Crippen molar-refractivity contribution in [3.8, 4) is 0 Å². The maximum atomic E-state index is 12.0. The summed E-state index contributed by atoms with van der Waals surface area (Å²) in [5, 5.41) is 3.08. The van der Waals surface area contributed by atoms with Gasteiger partial charge in [-0.3, -0.25) is 9.78 Å². The van der Waals surface area contributed by atoms with Crippen LogP contribution in [0.4, 0.5) is 0 Å². The van der Waals surface area contributed by atoms with Gasteiger partial charge in [0.25, 0.3) is 0 Å². The first-order valence-electron chi connectivity index (χ1n) is 7.06. The Labute approximate surface area is 120 Å². The van der Waals surface area contributed by atoms with E-state index < -0.39 is 0 Å². The highest BCUT2D eigenvalue weighted by Gasteiger charge is 2.17. The molecular formula is C17H20N2O. The topological polar surface area (TPSA) is 42.0 Å². The molecule has 0 fully saturated rings. The molecule has 1 heterocycles. The number of nitrogens with one attached hydrogen (secondary N) is 1. The van der Waals surface area contributed by atoms with Gasteiger partial charge in [0.05, 0.1) is 11.7 Å². The molecule has 0 spiro atoms. The molecule has 2 rings (SSSR count). The Morgan fingerprint density at radius 2 is 1.90 bits per heavy atom. The lowest BCUT2D eigenvalue weighted by Gasteiger charge is -2.18. The van der Waals surface area contributed by atoms with Gasteiger partial charge in [-0.25, -0.2) is 0 Å². The van der Waals surface area contributed by atoms with Gasteiger partial charge < -0.3 is 5.32 Å². The van der Waals surface area contributed by atoms with E-state index in [9.17, 15) is 4.79 Å². The van der Waals surface area contributed by atoms with Crippen LogP contribution in [0.2, 0.25) is 0 Å². The molecule has 1 N–H and O–H groups in total. The van der Waals surface area contributed by atoms with E-state index in [1.807, 2.05) is 48.5 Å². The van der Waals surface area contributed by atoms with Crippen LogP contribution >= 0.6 is 0 Å².